The fourth-order valence-electron chi connectivity index (χ4n) is 3.21. The summed E-state index contributed by atoms with van der Waals surface area (Å²) in [6.07, 6.45) is 5.41. The van der Waals surface area contributed by atoms with Gasteiger partial charge in [0.15, 0.2) is 0 Å². The van der Waals surface area contributed by atoms with Crippen molar-refractivity contribution in [3.8, 4) is 0 Å². The fourth-order valence-corrected chi connectivity index (χ4v) is 3.21. The molecule has 0 unspecified atom stereocenters. The molecule has 1 aromatic carbocycles. The van der Waals surface area contributed by atoms with Gasteiger partial charge < -0.3 is 10.6 Å². The van der Waals surface area contributed by atoms with Crippen LogP contribution in [0.5, 0.6) is 0 Å². The van der Waals surface area contributed by atoms with Gasteiger partial charge in [-0.3, -0.25) is 4.79 Å². The number of anilines is 1. The van der Waals surface area contributed by atoms with Gasteiger partial charge in [0.1, 0.15) is 0 Å². The van der Waals surface area contributed by atoms with Gasteiger partial charge in [-0.05, 0) is 37.0 Å². The average Bonchev–Trinajstić information content (AvgIpc) is 2.87. The second-order valence-electron chi connectivity index (χ2n) is 5.75. The normalized spacial score (nSPS) is 17.4. The number of rotatable bonds is 4. The molecule has 0 radical (unpaired) electrons. The first-order valence-electron chi connectivity index (χ1n) is 7.17. The van der Waals surface area contributed by atoms with Crippen molar-refractivity contribution >= 4 is 11.6 Å². The molecule has 0 atom stereocenters. The molecule has 1 aliphatic carbocycles. The number of carbonyl (C=O) groups excluding carboxylic acids is 1. The lowest BCUT2D eigenvalue weighted by Crippen LogP contribution is -2.39. The highest BCUT2D eigenvalue weighted by atomic mass is 16.2. The van der Waals surface area contributed by atoms with E-state index in [1.165, 1.54) is 12.8 Å². The van der Waals surface area contributed by atoms with Crippen molar-refractivity contribution in [1.29, 1.82) is 0 Å². The van der Waals surface area contributed by atoms with Crippen LogP contribution in [-0.2, 0) is 11.3 Å². The van der Waals surface area contributed by atoms with Crippen molar-refractivity contribution in [1.82, 2.24) is 4.90 Å². The van der Waals surface area contributed by atoms with E-state index >= 15 is 0 Å². The highest BCUT2D eigenvalue weighted by molar-refractivity contribution is 5.82. The first-order chi connectivity index (χ1) is 9.07. The molecule has 1 fully saturated rings. The quantitative estimate of drug-likeness (QED) is 0.845. The summed E-state index contributed by atoms with van der Waals surface area (Å²) in [5, 5.41) is 0. The Kier molecular flexibility index (Phi) is 4.13. The molecule has 0 saturated heterocycles. The summed E-state index contributed by atoms with van der Waals surface area (Å²) >= 11 is 0. The Hall–Kier alpha value is -1.51. The van der Waals surface area contributed by atoms with E-state index in [2.05, 4.69) is 6.92 Å². The predicted molar refractivity (Wildman–Crippen MR) is 78.5 cm³/mol. The van der Waals surface area contributed by atoms with Crippen LogP contribution in [0.2, 0.25) is 0 Å². The summed E-state index contributed by atoms with van der Waals surface area (Å²) in [6.45, 7) is 2.78. The zero-order valence-electron chi connectivity index (χ0n) is 12.0. The van der Waals surface area contributed by atoms with Gasteiger partial charge in [-0.2, -0.15) is 0 Å². The molecule has 0 spiro atoms. The number of carbonyl (C=O) groups is 1. The van der Waals surface area contributed by atoms with Crippen LogP contribution in [0, 0.1) is 5.41 Å². The number of amides is 1. The smallest absolute Gasteiger partial charge is 0.228 e. The Morgan fingerprint density at radius 1 is 1.37 bits per heavy atom. The molecule has 3 nitrogen and oxygen atoms in total. The summed E-state index contributed by atoms with van der Waals surface area (Å²) in [7, 11) is 1.90. The summed E-state index contributed by atoms with van der Waals surface area (Å²) in [5.74, 6) is 0.301. The van der Waals surface area contributed by atoms with E-state index in [0.29, 0.717) is 12.5 Å². The Bertz CT molecular complexity index is 450. The van der Waals surface area contributed by atoms with Gasteiger partial charge in [0.2, 0.25) is 5.91 Å². The topological polar surface area (TPSA) is 46.3 Å². The Morgan fingerprint density at radius 3 is 2.63 bits per heavy atom. The van der Waals surface area contributed by atoms with E-state index in [-0.39, 0.29) is 5.41 Å². The van der Waals surface area contributed by atoms with Gasteiger partial charge >= 0.3 is 0 Å². The van der Waals surface area contributed by atoms with E-state index in [9.17, 15) is 4.79 Å². The van der Waals surface area contributed by atoms with Crippen molar-refractivity contribution in [2.24, 2.45) is 5.41 Å². The van der Waals surface area contributed by atoms with Gasteiger partial charge in [0, 0.05) is 24.7 Å². The maximum Gasteiger partial charge on any atom is 0.228 e. The van der Waals surface area contributed by atoms with Crippen LogP contribution in [0.4, 0.5) is 5.69 Å². The molecule has 1 saturated carbocycles. The lowest BCUT2D eigenvalue weighted by molar-refractivity contribution is -0.141. The van der Waals surface area contributed by atoms with Crippen LogP contribution in [0.1, 0.15) is 44.6 Å². The second kappa shape index (κ2) is 5.64. The molecule has 0 heterocycles. The van der Waals surface area contributed by atoms with Crippen LogP contribution in [-0.4, -0.2) is 17.9 Å². The molecule has 0 aliphatic heterocycles. The summed E-state index contributed by atoms with van der Waals surface area (Å²) in [5.41, 5.74) is 7.53. The predicted octanol–water partition coefficient (Wildman–Crippen LogP) is 3.20. The molecule has 3 heteroatoms. The van der Waals surface area contributed by atoms with E-state index in [1.54, 1.807) is 0 Å². The molecule has 2 N–H and O–H groups in total. The van der Waals surface area contributed by atoms with Crippen LogP contribution in [0.25, 0.3) is 0 Å². The van der Waals surface area contributed by atoms with Gasteiger partial charge in [0.25, 0.3) is 0 Å². The lowest BCUT2D eigenvalue weighted by atomic mass is 9.82. The van der Waals surface area contributed by atoms with Crippen molar-refractivity contribution in [2.45, 2.75) is 45.6 Å². The minimum atomic E-state index is -0.102. The third kappa shape index (κ3) is 2.91. The lowest BCUT2D eigenvalue weighted by Gasteiger charge is -2.31. The minimum Gasteiger partial charge on any atom is -0.399 e. The molecule has 1 amide bonds. The first-order valence-corrected chi connectivity index (χ1v) is 7.17. The van der Waals surface area contributed by atoms with Crippen molar-refractivity contribution in [3.63, 3.8) is 0 Å². The van der Waals surface area contributed by atoms with Crippen molar-refractivity contribution < 1.29 is 4.79 Å². The molecular weight excluding hydrogens is 236 g/mol. The van der Waals surface area contributed by atoms with E-state index in [4.69, 9.17) is 5.73 Å². The maximum absolute atomic E-state index is 12.7. The van der Waals surface area contributed by atoms with Crippen LogP contribution in [0.15, 0.2) is 24.3 Å². The van der Waals surface area contributed by atoms with Gasteiger partial charge in [-0.15, -0.1) is 0 Å². The highest BCUT2D eigenvalue weighted by Crippen LogP contribution is 2.42. The van der Waals surface area contributed by atoms with E-state index < -0.39 is 0 Å². The maximum atomic E-state index is 12.7. The van der Waals surface area contributed by atoms with Crippen molar-refractivity contribution in [3.05, 3.63) is 29.8 Å². The molecule has 2 rings (SSSR count). The second-order valence-corrected chi connectivity index (χ2v) is 5.75. The third-order valence-corrected chi connectivity index (χ3v) is 4.41. The Labute approximate surface area is 115 Å². The summed E-state index contributed by atoms with van der Waals surface area (Å²) in [4.78, 5) is 14.5. The zero-order chi connectivity index (χ0) is 13.9. The molecular formula is C16H24N2O. The van der Waals surface area contributed by atoms with E-state index in [0.717, 1.165) is 30.5 Å². The third-order valence-electron chi connectivity index (χ3n) is 4.41. The number of hydrogen-bond donors (Lipinski definition) is 1. The average molecular weight is 260 g/mol. The zero-order valence-corrected chi connectivity index (χ0v) is 12.0. The molecule has 1 aliphatic rings. The summed E-state index contributed by atoms with van der Waals surface area (Å²) in [6, 6.07) is 7.77. The standard InChI is InChI=1S/C16H24N2O/c1-3-16(9-4-5-10-16)15(19)18(2)12-13-7-6-8-14(17)11-13/h6-8,11H,3-5,9-10,12,17H2,1-2H3. The first kappa shape index (κ1) is 13.9. The number of benzene rings is 1. The number of hydrogen-bond acceptors (Lipinski definition) is 2. The van der Waals surface area contributed by atoms with Gasteiger partial charge in [-0.1, -0.05) is 31.9 Å². The molecule has 1 aromatic rings. The van der Waals surface area contributed by atoms with E-state index in [1.807, 2.05) is 36.2 Å². The monoisotopic (exact) mass is 260 g/mol. The SMILES string of the molecule is CCC1(C(=O)N(C)Cc2cccc(N)c2)CCCC1. The number of nitrogens with zero attached hydrogens (tertiary/aromatic N) is 1. The molecule has 104 valence electrons. The molecule has 0 bridgehead atoms. The number of nitrogens with two attached hydrogens (primary N) is 1. The Balaban J connectivity index is 2.07. The fraction of sp³-hybridized carbons (Fsp3) is 0.562. The number of nitrogen functional groups attached to an aromatic ring is 1. The van der Waals surface area contributed by atoms with Gasteiger partial charge in [0.05, 0.1) is 0 Å². The van der Waals surface area contributed by atoms with Crippen molar-refractivity contribution in [2.75, 3.05) is 12.8 Å². The van der Waals surface area contributed by atoms with Crippen LogP contribution < -0.4 is 5.73 Å². The van der Waals surface area contributed by atoms with Gasteiger partial charge in [-0.25, -0.2) is 0 Å². The highest BCUT2D eigenvalue weighted by Gasteiger charge is 2.40. The largest absolute Gasteiger partial charge is 0.399 e. The van der Waals surface area contributed by atoms with Crippen LogP contribution >= 0.6 is 0 Å². The summed E-state index contributed by atoms with van der Waals surface area (Å²) < 4.78 is 0. The molecule has 0 aromatic heterocycles. The minimum absolute atomic E-state index is 0.102. The van der Waals surface area contributed by atoms with Crippen LogP contribution in [0.3, 0.4) is 0 Å². The Morgan fingerprint density at radius 2 is 2.05 bits per heavy atom. The molecule has 19 heavy (non-hydrogen) atoms.